The zero-order chi connectivity index (χ0) is 18.5. The molecule has 0 atom stereocenters. The first-order valence-corrected chi connectivity index (χ1v) is 11.8. The maximum atomic E-state index is 6.09. The molecule has 1 aliphatic heterocycles. The highest BCUT2D eigenvalue weighted by molar-refractivity contribution is 8.76. The van der Waals surface area contributed by atoms with Gasteiger partial charge in [-0.05, 0) is 66.6 Å². The molecule has 1 fully saturated rings. The molecule has 140 valence electrons. The molecule has 1 saturated heterocycles. The van der Waals surface area contributed by atoms with Gasteiger partial charge in [-0.1, -0.05) is 52.7 Å². The van der Waals surface area contributed by atoms with Crippen molar-refractivity contribution < 1.29 is 0 Å². The second-order valence-corrected chi connectivity index (χ2v) is 9.21. The van der Waals surface area contributed by atoms with Crippen LogP contribution in [0.2, 0.25) is 5.02 Å². The lowest BCUT2D eigenvalue weighted by molar-refractivity contribution is 0.439. The summed E-state index contributed by atoms with van der Waals surface area (Å²) in [6.07, 6.45) is 2.18. The molecule has 3 aromatic rings. The summed E-state index contributed by atoms with van der Waals surface area (Å²) in [6, 6.07) is 18.4. The van der Waals surface area contributed by atoms with Crippen LogP contribution in [0.15, 0.2) is 59.8 Å². The number of rotatable bonds is 6. The molecule has 1 N–H and O–H groups in total. The van der Waals surface area contributed by atoms with Crippen molar-refractivity contribution in [2.24, 2.45) is 0 Å². The van der Waals surface area contributed by atoms with Gasteiger partial charge in [0, 0.05) is 22.4 Å². The zero-order valence-corrected chi connectivity index (χ0v) is 17.2. The lowest BCUT2D eigenvalue weighted by atomic mass is 9.97. The molecule has 0 aliphatic carbocycles. The van der Waals surface area contributed by atoms with Crippen LogP contribution in [-0.2, 0) is 5.75 Å². The summed E-state index contributed by atoms with van der Waals surface area (Å²) in [6.45, 7) is 2.06. The van der Waals surface area contributed by atoms with E-state index in [1.807, 2.05) is 30.3 Å². The molecular weight excluding hydrogens is 396 g/mol. The first kappa shape index (κ1) is 18.9. The molecule has 0 bridgehead atoms. The van der Waals surface area contributed by atoms with Gasteiger partial charge in [0.2, 0.25) is 5.16 Å². The summed E-state index contributed by atoms with van der Waals surface area (Å²) < 4.78 is 2.20. The largest absolute Gasteiger partial charge is 0.317 e. The van der Waals surface area contributed by atoms with Crippen LogP contribution in [0.3, 0.4) is 0 Å². The van der Waals surface area contributed by atoms with Gasteiger partial charge >= 0.3 is 0 Å². The molecule has 27 heavy (non-hydrogen) atoms. The van der Waals surface area contributed by atoms with E-state index in [1.54, 1.807) is 21.6 Å². The second kappa shape index (κ2) is 9.15. The molecule has 1 aromatic heterocycles. The van der Waals surface area contributed by atoms with Crippen LogP contribution < -0.4 is 5.32 Å². The van der Waals surface area contributed by atoms with Gasteiger partial charge in [-0.25, -0.2) is 0 Å². The number of nitrogens with one attached hydrogen (secondary N) is 1. The number of aromatic nitrogens is 3. The molecule has 2 heterocycles. The number of benzene rings is 2. The van der Waals surface area contributed by atoms with Crippen molar-refractivity contribution in [2.45, 2.75) is 29.7 Å². The van der Waals surface area contributed by atoms with Crippen molar-refractivity contribution in [3.05, 3.63) is 71.0 Å². The maximum absolute atomic E-state index is 6.09. The Kier molecular flexibility index (Phi) is 6.39. The minimum absolute atomic E-state index is 0.433. The topological polar surface area (TPSA) is 42.7 Å². The van der Waals surface area contributed by atoms with Crippen LogP contribution in [0, 0.1) is 0 Å². The normalized spacial score (nSPS) is 15.1. The van der Waals surface area contributed by atoms with E-state index in [2.05, 4.69) is 44.3 Å². The van der Waals surface area contributed by atoms with Crippen molar-refractivity contribution in [3.63, 3.8) is 0 Å². The Morgan fingerprint density at radius 2 is 1.74 bits per heavy atom. The van der Waals surface area contributed by atoms with Gasteiger partial charge in [-0.2, -0.15) is 0 Å². The smallest absolute Gasteiger partial charge is 0.206 e. The fourth-order valence-corrected chi connectivity index (χ4v) is 5.43. The van der Waals surface area contributed by atoms with E-state index in [1.165, 1.54) is 5.56 Å². The molecule has 0 unspecified atom stereocenters. The van der Waals surface area contributed by atoms with E-state index >= 15 is 0 Å². The van der Waals surface area contributed by atoms with Crippen LogP contribution >= 0.6 is 33.2 Å². The summed E-state index contributed by atoms with van der Waals surface area (Å²) in [5.41, 5.74) is 2.38. The molecule has 1 aliphatic rings. The van der Waals surface area contributed by atoms with Crippen LogP contribution in [0.1, 0.15) is 30.1 Å². The zero-order valence-electron chi connectivity index (χ0n) is 14.8. The highest BCUT2D eigenvalue weighted by atomic mass is 35.5. The molecule has 0 amide bonds. The maximum Gasteiger partial charge on any atom is 0.206 e. The van der Waals surface area contributed by atoms with Crippen LogP contribution in [0.4, 0.5) is 0 Å². The lowest BCUT2D eigenvalue weighted by Crippen LogP contribution is -2.28. The SMILES string of the molecule is Clc1ccc(-n2c(SSCc3ccccc3)nnc2C2CCNCC2)cc1. The predicted molar refractivity (Wildman–Crippen MR) is 115 cm³/mol. The molecule has 2 aromatic carbocycles. The van der Waals surface area contributed by atoms with Crippen molar-refractivity contribution in [3.8, 4) is 5.69 Å². The number of piperidine rings is 1. The lowest BCUT2D eigenvalue weighted by Gasteiger charge is -2.22. The summed E-state index contributed by atoms with van der Waals surface area (Å²) in [5.74, 6) is 2.42. The monoisotopic (exact) mass is 416 g/mol. The van der Waals surface area contributed by atoms with Gasteiger partial charge in [0.1, 0.15) is 5.82 Å². The summed E-state index contributed by atoms with van der Waals surface area (Å²) in [7, 11) is 3.47. The molecular formula is C20H21ClN4S2. The Morgan fingerprint density at radius 3 is 2.48 bits per heavy atom. The predicted octanol–water partition coefficient (Wildman–Crippen LogP) is 5.33. The molecule has 4 nitrogen and oxygen atoms in total. The third kappa shape index (κ3) is 4.69. The number of nitrogens with zero attached hydrogens (tertiary/aromatic N) is 3. The summed E-state index contributed by atoms with van der Waals surface area (Å²) >= 11 is 6.09. The van der Waals surface area contributed by atoms with Crippen molar-refractivity contribution in [1.82, 2.24) is 20.1 Å². The summed E-state index contributed by atoms with van der Waals surface area (Å²) in [4.78, 5) is 0. The molecule has 0 radical (unpaired) electrons. The van der Waals surface area contributed by atoms with Crippen LogP contribution in [0.5, 0.6) is 0 Å². The Morgan fingerprint density at radius 1 is 1.00 bits per heavy atom. The Hall–Kier alpha value is -1.47. The quantitative estimate of drug-likeness (QED) is 0.550. The van der Waals surface area contributed by atoms with Gasteiger partial charge < -0.3 is 5.32 Å². The number of hydrogen-bond acceptors (Lipinski definition) is 5. The van der Waals surface area contributed by atoms with Crippen molar-refractivity contribution >= 4 is 33.2 Å². The minimum atomic E-state index is 0.433. The molecule has 7 heteroatoms. The van der Waals surface area contributed by atoms with E-state index in [-0.39, 0.29) is 0 Å². The molecule has 4 rings (SSSR count). The highest BCUT2D eigenvalue weighted by Crippen LogP contribution is 2.36. The Bertz CT molecular complexity index is 861. The highest BCUT2D eigenvalue weighted by Gasteiger charge is 2.24. The van der Waals surface area contributed by atoms with E-state index in [0.29, 0.717) is 5.92 Å². The fraction of sp³-hybridized carbons (Fsp3) is 0.300. The minimum Gasteiger partial charge on any atom is -0.317 e. The fourth-order valence-electron chi connectivity index (χ4n) is 3.24. The van der Waals surface area contributed by atoms with Gasteiger partial charge in [0.05, 0.1) is 0 Å². The van der Waals surface area contributed by atoms with Crippen LogP contribution in [0.25, 0.3) is 5.69 Å². The third-order valence-corrected chi connectivity index (χ3v) is 7.04. The van der Waals surface area contributed by atoms with E-state index in [4.69, 9.17) is 11.6 Å². The number of hydrogen-bond donors (Lipinski definition) is 1. The van der Waals surface area contributed by atoms with E-state index in [0.717, 1.165) is 53.4 Å². The van der Waals surface area contributed by atoms with Gasteiger partial charge in [-0.3, -0.25) is 4.57 Å². The van der Waals surface area contributed by atoms with E-state index in [9.17, 15) is 0 Å². The van der Waals surface area contributed by atoms with E-state index < -0.39 is 0 Å². The van der Waals surface area contributed by atoms with Gasteiger partial charge in [-0.15, -0.1) is 10.2 Å². The number of halogens is 1. The Labute approximate surface area is 172 Å². The summed E-state index contributed by atoms with van der Waals surface area (Å²) in [5, 5.41) is 14.2. The van der Waals surface area contributed by atoms with Crippen molar-refractivity contribution in [1.29, 1.82) is 0 Å². The first-order chi connectivity index (χ1) is 13.3. The first-order valence-electron chi connectivity index (χ1n) is 9.06. The average Bonchev–Trinajstić information content (AvgIpc) is 3.14. The standard InChI is InChI=1S/C20H21ClN4S2/c21-17-6-8-18(9-7-17)25-19(16-10-12-22-13-11-16)23-24-20(25)27-26-14-15-4-2-1-3-5-15/h1-9,16,22H,10-14H2. The average molecular weight is 417 g/mol. The van der Waals surface area contributed by atoms with Gasteiger partial charge in [0.15, 0.2) is 0 Å². The van der Waals surface area contributed by atoms with Gasteiger partial charge in [0.25, 0.3) is 0 Å². The molecule has 0 saturated carbocycles. The van der Waals surface area contributed by atoms with Crippen LogP contribution in [-0.4, -0.2) is 27.9 Å². The third-order valence-electron chi connectivity index (χ3n) is 4.65. The Balaban J connectivity index is 1.58. The van der Waals surface area contributed by atoms with Crippen molar-refractivity contribution in [2.75, 3.05) is 13.1 Å². The second-order valence-electron chi connectivity index (χ2n) is 6.51. The molecule has 0 spiro atoms.